The van der Waals surface area contributed by atoms with Crippen LogP contribution >= 0.6 is 11.6 Å². The third-order valence-corrected chi connectivity index (χ3v) is 2.78. The molecule has 104 valence electrons. The molecular formula is C13H11ClFN3O2. The van der Waals surface area contributed by atoms with Crippen molar-refractivity contribution in [3.8, 4) is 0 Å². The van der Waals surface area contributed by atoms with Crippen LogP contribution in [0.3, 0.4) is 0 Å². The van der Waals surface area contributed by atoms with Crippen LogP contribution in [-0.4, -0.2) is 23.0 Å². The average Bonchev–Trinajstić information content (AvgIpc) is 2.48. The maximum atomic E-state index is 13.0. The summed E-state index contributed by atoms with van der Waals surface area (Å²) < 4.78 is 17.6. The monoisotopic (exact) mass is 295 g/mol. The molecule has 20 heavy (non-hydrogen) atoms. The van der Waals surface area contributed by atoms with Crippen molar-refractivity contribution in [2.75, 3.05) is 12.4 Å². The third-order valence-electron chi connectivity index (χ3n) is 2.49. The van der Waals surface area contributed by atoms with E-state index in [1.165, 1.54) is 31.6 Å². The van der Waals surface area contributed by atoms with Crippen LogP contribution in [-0.2, 0) is 11.3 Å². The first kappa shape index (κ1) is 14.2. The molecule has 1 aromatic carbocycles. The first-order valence-corrected chi connectivity index (χ1v) is 6.06. The van der Waals surface area contributed by atoms with Gasteiger partial charge in [-0.1, -0.05) is 17.7 Å². The average molecular weight is 296 g/mol. The number of ether oxygens (including phenoxy) is 1. The van der Waals surface area contributed by atoms with Gasteiger partial charge in [-0.2, -0.15) is 0 Å². The normalized spacial score (nSPS) is 10.2. The molecule has 5 nitrogen and oxygen atoms in total. The standard InChI is InChI=1S/C13H11ClFN3O2/c1-20-13(19)11-6-16-7-12(18-11)17-5-8-2-3-10(15)9(14)4-8/h2-4,6-7H,5H2,1H3,(H,17,18). The molecular weight excluding hydrogens is 285 g/mol. The highest BCUT2D eigenvalue weighted by molar-refractivity contribution is 6.30. The molecule has 0 aliphatic heterocycles. The highest BCUT2D eigenvalue weighted by Crippen LogP contribution is 2.16. The molecule has 2 aromatic rings. The van der Waals surface area contributed by atoms with Crippen LogP contribution in [0.15, 0.2) is 30.6 Å². The van der Waals surface area contributed by atoms with Crippen LogP contribution < -0.4 is 5.32 Å². The molecule has 0 aliphatic carbocycles. The van der Waals surface area contributed by atoms with E-state index in [2.05, 4.69) is 20.0 Å². The minimum atomic E-state index is -0.564. The van der Waals surface area contributed by atoms with E-state index >= 15 is 0 Å². The Morgan fingerprint density at radius 1 is 1.45 bits per heavy atom. The predicted molar refractivity (Wildman–Crippen MR) is 72.1 cm³/mol. The number of nitrogens with zero attached hydrogens (tertiary/aromatic N) is 2. The summed E-state index contributed by atoms with van der Waals surface area (Å²) in [7, 11) is 1.27. The van der Waals surface area contributed by atoms with Gasteiger partial charge in [0, 0.05) is 6.54 Å². The molecule has 0 amide bonds. The zero-order chi connectivity index (χ0) is 14.5. The summed E-state index contributed by atoms with van der Waals surface area (Å²) in [5.41, 5.74) is 0.885. The SMILES string of the molecule is COC(=O)c1cncc(NCc2ccc(F)c(Cl)c2)n1. The summed E-state index contributed by atoms with van der Waals surface area (Å²) in [5, 5.41) is 3.02. The summed E-state index contributed by atoms with van der Waals surface area (Å²) in [6.07, 6.45) is 2.78. The number of benzene rings is 1. The first-order chi connectivity index (χ1) is 9.60. The van der Waals surface area contributed by atoms with Gasteiger partial charge in [0.1, 0.15) is 11.6 Å². The van der Waals surface area contributed by atoms with Crippen molar-refractivity contribution in [3.63, 3.8) is 0 Å². The van der Waals surface area contributed by atoms with Crippen molar-refractivity contribution in [3.05, 3.63) is 52.7 Å². The maximum absolute atomic E-state index is 13.0. The van der Waals surface area contributed by atoms with Crippen LogP contribution in [0, 0.1) is 5.82 Å². The molecule has 0 fully saturated rings. The number of carbonyl (C=O) groups excluding carboxylic acids is 1. The molecule has 2 rings (SSSR count). The molecule has 0 bridgehead atoms. The lowest BCUT2D eigenvalue weighted by Crippen LogP contribution is -2.08. The number of anilines is 1. The molecule has 0 saturated carbocycles. The number of nitrogens with one attached hydrogen (secondary N) is 1. The van der Waals surface area contributed by atoms with Gasteiger partial charge in [0.05, 0.1) is 24.5 Å². The fourth-order valence-electron chi connectivity index (χ4n) is 1.50. The quantitative estimate of drug-likeness (QED) is 0.879. The highest BCUT2D eigenvalue weighted by Gasteiger charge is 2.08. The molecule has 0 unspecified atom stereocenters. The van der Waals surface area contributed by atoms with E-state index in [0.717, 1.165) is 5.56 Å². The molecule has 0 aliphatic rings. The lowest BCUT2D eigenvalue weighted by Gasteiger charge is -2.07. The Labute approximate surface area is 119 Å². The smallest absolute Gasteiger partial charge is 0.358 e. The van der Waals surface area contributed by atoms with Gasteiger partial charge < -0.3 is 10.1 Å². The topological polar surface area (TPSA) is 64.1 Å². The van der Waals surface area contributed by atoms with Crippen molar-refractivity contribution in [2.24, 2.45) is 0 Å². The Balaban J connectivity index is 2.07. The summed E-state index contributed by atoms with van der Waals surface area (Å²) in [5.74, 6) is -0.623. The van der Waals surface area contributed by atoms with E-state index in [1.54, 1.807) is 6.07 Å². The minimum absolute atomic E-state index is 0.0543. The van der Waals surface area contributed by atoms with E-state index in [0.29, 0.717) is 12.4 Å². The molecule has 0 atom stereocenters. The molecule has 1 N–H and O–H groups in total. The summed E-state index contributed by atoms with van der Waals surface area (Å²) in [4.78, 5) is 19.2. The molecule has 0 radical (unpaired) electrons. The van der Waals surface area contributed by atoms with Gasteiger partial charge in [-0.05, 0) is 17.7 Å². The Morgan fingerprint density at radius 3 is 2.95 bits per heavy atom. The van der Waals surface area contributed by atoms with Crippen molar-refractivity contribution in [1.82, 2.24) is 9.97 Å². The van der Waals surface area contributed by atoms with E-state index in [9.17, 15) is 9.18 Å². The molecule has 7 heteroatoms. The number of hydrogen-bond acceptors (Lipinski definition) is 5. The fraction of sp³-hybridized carbons (Fsp3) is 0.154. The lowest BCUT2D eigenvalue weighted by atomic mass is 10.2. The van der Waals surface area contributed by atoms with E-state index < -0.39 is 11.8 Å². The van der Waals surface area contributed by atoms with E-state index in [1.807, 2.05) is 0 Å². The lowest BCUT2D eigenvalue weighted by molar-refractivity contribution is 0.0593. The Bertz CT molecular complexity index is 637. The van der Waals surface area contributed by atoms with Gasteiger partial charge in [-0.15, -0.1) is 0 Å². The first-order valence-electron chi connectivity index (χ1n) is 5.68. The Morgan fingerprint density at radius 2 is 2.25 bits per heavy atom. The molecule has 1 aromatic heterocycles. The Kier molecular flexibility index (Phi) is 4.47. The van der Waals surface area contributed by atoms with Gasteiger partial charge in [-0.3, -0.25) is 4.98 Å². The van der Waals surface area contributed by atoms with Gasteiger partial charge in [0.25, 0.3) is 0 Å². The number of carbonyl (C=O) groups is 1. The second-order valence-corrected chi connectivity index (χ2v) is 4.29. The van der Waals surface area contributed by atoms with E-state index in [-0.39, 0.29) is 10.7 Å². The highest BCUT2D eigenvalue weighted by atomic mass is 35.5. The van der Waals surface area contributed by atoms with Crippen LogP contribution in [0.2, 0.25) is 5.02 Å². The number of hydrogen-bond donors (Lipinski definition) is 1. The van der Waals surface area contributed by atoms with Crippen LogP contribution in [0.1, 0.15) is 16.1 Å². The minimum Gasteiger partial charge on any atom is -0.464 e. The van der Waals surface area contributed by atoms with Gasteiger partial charge in [0.2, 0.25) is 0 Å². The summed E-state index contributed by atoms with van der Waals surface area (Å²) in [6, 6.07) is 4.41. The van der Waals surface area contributed by atoms with E-state index in [4.69, 9.17) is 11.6 Å². The van der Waals surface area contributed by atoms with Crippen molar-refractivity contribution in [2.45, 2.75) is 6.54 Å². The van der Waals surface area contributed by atoms with Gasteiger partial charge >= 0.3 is 5.97 Å². The molecule has 0 saturated heterocycles. The van der Waals surface area contributed by atoms with Crippen molar-refractivity contribution in [1.29, 1.82) is 0 Å². The molecule has 0 spiro atoms. The van der Waals surface area contributed by atoms with Crippen LogP contribution in [0.5, 0.6) is 0 Å². The zero-order valence-electron chi connectivity index (χ0n) is 10.6. The number of rotatable bonds is 4. The summed E-state index contributed by atoms with van der Waals surface area (Å²) >= 11 is 5.69. The number of aromatic nitrogens is 2. The zero-order valence-corrected chi connectivity index (χ0v) is 11.3. The number of methoxy groups -OCH3 is 1. The Hall–Kier alpha value is -2.21. The largest absolute Gasteiger partial charge is 0.464 e. The van der Waals surface area contributed by atoms with Crippen LogP contribution in [0.4, 0.5) is 10.2 Å². The van der Waals surface area contributed by atoms with Crippen molar-refractivity contribution >= 4 is 23.4 Å². The van der Waals surface area contributed by atoms with Crippen molar-refractivity contribution < 1.29 is 13.9 Å². The second kappa shape index (κ2) is 6.29. The predicted octanol–water partition coefficient (Wildman–Crippen LogP) is 2.67. The fourth-order valence-corrected chi connectivity index (χ4v) is 1.70. The molecule has 1 heterocycles. The van der Waals surface area contributed by atoms with Crippen LogP contribution in [0.25, 0.3) is 0 Å². The maximum Gasteiger partial charge on any atom is 0.358 e. The third kappa shape index (κ3) is 3.42. The second-order valence-electron chi connectivity index (χ2n) is 3.88. The summed E-state index contributed by atoms with van der Waals surface area (Å²) in [6.45, 7) is 0.374. The number of halogens is 2. The van der Waals surface area contributed by atoms with Gasteiger partial charge in [0.15, 0.2) is 5.69 Å². The van der Waals surface area contributed by atoms with Gasteiger partial charge in [-0.25, -0.2) is 14.2 Å². The number of esters is 1.